The van der Waals surface area contributed by atoms with Crippen LogP contribution >= 0.6 is 0 Å². The second kappa shape index (κ2) is 38.8. The molecule has 295 valence electrons. The van der Waals surface area contributed by atoms with E-state index in [-0.39, 0.29) is 45.7 Å². The monoisotopic (exact) mass is 922 g/mol. The average Bonchev–Trinajstić information content (AvgIpc) is 3.12. The van der Waals surface area contributed by atoms with E-state index >= 15 is 0 Å². The number of amides is 3. The third kappa shape index (κ3) is 34.5. The fraction of sp³-hybridized carbons (Fsp3) is 0.588. The van der Waals surface area contributed by atoms with Gasteiger partial charge in [-0.05, 0) is 57.2 Å². The molecule has 3 amide bonds. The molecule has 1 rings (SSSR count). The third-order valence-corrected chi connectivity index (χ3v) is 7.19. The first-order chi connectivity index (χ1) is 25.0. The molecule has 0 fully saturated rings. The van der Waals surface area contributed by atoms with E-state index in [0.717, 1.165) is 57.1 Å². The summed E-state index contributed by atoms with van der Waals surface area (Å²) in [6.45, 7) is 15.1. The van der Waals surface area contributed by atoms with Crippen molar-refractivity contribution >= 4 is 35.8 Å². The van der Waals surface area contributed by atoms with Crippen molar-refractivity contribution in [2.75, 3.05) is 19.6 Å². The number of urea groups is 1. The van der Waals surface area contributed by atoms with Crippen LogP contribution in [-0.4, -0.2) is 97.8 Å². The minimum Gasteiger partial charge on any atom is 0 e. The number of rotatable bonds is 27. The summed E-state index contributed by atoms with van der Waals surface area (Å²) in [6.07, 6.45) is 10.2. The Balaban J connectivity index is -0.00000162. The van der Waals surface area contributed by atoms with E-state index in [0.29, 0.717) is 38.9 Å². The molecule has 7 N–H and O–H groups in total. The summed E-state index contributed by atoms with van der Waals surface area (Å²) in [5, 5.41) is 43.4. The van der Waals surface area contributed by atoms with Gasteiger partial charge in [-0.15, -0.1) is 0 Å². The molecular formula is C34H49N5O13Re. The molecule has 19 heteroatoms. The molecule has 0 aromatic carbocycles. The second-order valence-electron chi connectivity index (χ2n) is 11.2. The number of hydrogen-bond donors (Lipinski definition) is 7. The number of aromatic nitrogens is 1. The van der Waals surface area contributed by atoms with Gasteiger partial charge in [-0.3, -0.25) is 24.3 Å². The van der Waals surface area contributed by atoms with E-state index in [1.165, 1.54) is 0 Å². The van der Waals surface area contributed by atoms with Crippen LogP contribution in [0.1, 0.15) is 95.6 Å². The summed E-state index contributed by atoms with van der Waals surface area (Å²) in [4.78, 5) is 74.8. The minimum absolute atomic E-state index is 0. The third-order valence-electron chi connectivity index (χ3n) is 7.19. The van der Waals surface area contributed by atoms with Gasteiger partial charge in [0.15, 0.2) is 0 Å². The van der Waals surface area contributed by atoms with Gasteiger partial charge >= 0.3 is 63.8 Å². The van der Waals surface area contributed by atoms with E-state index < -0.39 is 48.4 Å². The zero-order chi connectivity index (χ0) is 40.2. The number of hydrogen-bond acceptors (Lipinski definition) is 8. The standard InChI is InChI=1S/C31H49N5O10.3CO.Re/c37-26(33-19-11-9-14-24(29(42)43)34-31(46)35-25(30(44)45)16-17-27(38)39)15-7-5-3-1-2-4-6-12-20-36(22-28(40)41)21-23-13-8-10-18-32-23;3*1-2;/h8,10,13,18,24-25H,1-7,9,11-12,14-17,19-22H2,(H,33,37)(H,38,39)(H,40,41)(H,42,43)(H,44,45)(H2,34,35,46);;;;/t24-,25-;;;;/m0..../s1. The van der Waals surface area contributed by atoms with Gasteiger partial charge in [-0.25, -0.2) is 14.4 Å². The normalized spacial score (nSPS) is 10.7. The zero-order valence-electron chi connectivity index (χ0n) is 29.4. The van der Waals surface area contributed by atoms with E-state index in [9.17, 15) is 39.0 Å². The Morgan fingerprint density at radius 1 is 0.679 bits per heavy atom. The van der Waals surface area contributed by atoms with Crippen molar-refractivity contribution < 1.29 is 83.6 Å². The number of carboxylic acid groups (broad SMARTS) is 4. The van der Waals surface area contributed by atoms with Crippen molar-refractivity contribution in [2.24, 2.45) is 0 Å². The Morgan fingerprint density at radius 3 is 1.70 bits per heavy atom. The largest absolute Gasteiger partial charge is 0 e. The number of aliphatic carboxylic acids is 4. The van der Waals surface area contributed by atoms with Gasteiger partial charge in [-0.2, -0.15) is 0 Å². The number of carbonyl (C=O) groups is 6. The average molecular weight is 922 g/mol. The van der Waals surface area contributed by atoms with E-state index in [4.69, 9.17) is 24.2 Å². The summed E-state index contributed by atoms with van der Waals surface area (Å²) < 4.78 is 22.5. The molecule has 0 spiro atoms. The fourth-order valence-electron chi connectivity index (χ4n) is 4.74. The van der Waals surface area contributed by atoms with Crippen molar-refractivity contribution in [3.63, 3.8) is 0 Å². The predicted octanol–water partition coefficient (Wildman–Crippen LogP) is 2.72. The van der Waals surface area contributed by atoms with Crippen molar-refractivity contribution in [1.82, 2.24) is 25.8 Å². The number of unbranched alkanes of at least 4 members (excludes halogenated alkanes) is 8. The van der Waals surface area contributed by atoms with Gasteiger partial charge < -0.3 is 36.4 Å². The molecule has 0 aliphatic rings. The first-order valence-electron chi connectivity index (χ1n) is 16.4. The number of nitrogens with zero attached hydrogens (tertiary/aromatic N) is 2. The van der Waals surface area contributed by atoms with Crippen LogP contribution in [0.5, 0.6) is 0 Å². The summed E-state index contributed by atoms with van der Waals surface area (Å²) in [5.74, 6) is -4.87. The molecule has 1 aromatic heterocycles. The maximum Gasteiger partial charge on any atom is 0 e. The molecule has 53 heavy (non-hydrogen) atoms. The fourth-order valence-corrected chi connectivity index (χ4v) is 4.74. The van der Waals surface area contributed by atoms with Crippen LogP contribution in [0.3, 0.4) is 0 Å². The Bertz CT molecular complexity index is 1220. The molecule has 0 saturated carbocycles. The maximum absolute atomic E-state index is 12.1. The molecule has 18 nitrogen and oxygen atoms in total. The summed E-state index contributed by atoms with van der Waals surface area (Å²) >= 11 is 0. The molecule has 0 bridgehead atoms. The van der Waals surface area contributed by atoms with Crippen molar-refractivity contribution in [1.29, 1.82) is 0 Å². The molecular weight excluding hydrogens is 873 g/mol. The van der Waals surface area contributed by atoms with Gasteiger partial charge in [0.2, 0.25) is 5.91 Å². The number of carbonyl (C=O) groups excluding carboxylic acids is 2. The SMILES string of the molecule is O=C(O)CC[C@H](NC(=O)N[C@@H](CCCCNC(=O)CCCCCCCCCCN(CC(=O)O)Cc1ccccn1)C(=O)O)C(=O)O.[C-]#[O+].[C-]#[O+].[C-]#[O+].[Re]. The molecule has 2 atom stereocenters. The minimum atomic E-state index is -1.47. The van der Waals surface area contributed by atoms with Gasteiger partial charge in [0.05, 0.1) is 12.2 Å². The van der Waals surface area contributed by atoms with Crippen LogP contribution in [-0.2, 0) is 64.9 Å². The van der Waals surface area contributed by atoms with Crippen molar-refractivity contribution in [2.45, 2.75) is 109 Å². The van der Waals surface area contributed by atoms with Crippen LogP contribution in [0.2, 0.25) is 0 Å². The number of pyridine rings is 1. The summed E-state index contributed by atoms with van der Waals surface area (Å²) in [7, 11) is 0. The zero-order valence-corrected chi connectivity index (χ0v) is 32.1. The van der Waals surface area contributed by atoms with E-state index in [1.807, 2.05) is 23.1 Å². The Kier molecular flexibility index (Phi) is 40.6. The van der Waals surface area contributed by atoms with E-state index in [2.05, 4.69) is 40.9 Å². The summed E-state index contributed by atoms with van der Waals surface area (Å²) in [5.41, 5.74) is 0.853. The number of nitrogens with one attached hydrogen (secondary N) is 3. The molecule has 0 aliphatic carbocycles. The Hall–Kier alpha value is -4.39. The first-order valence-corrected chi connectivity index (χ1v) is 16.4. The van der Waals surface area contributed by atoms with Crippen LogP contribution in [0.25, 0.3) is 0 Å². The topological polar surface area (TPSA) is 295 Å². The van der Waals surface area contributed by atoms with Gasteiger partial charge in [-0.1, -0.05) is 44.6 Å². The van der Waals surface area contributed by atoms with Gasteiger partial charge in [0, 0.05) is 52.6 Å². The molecule has 0 saturated heterocycles. The summed E-state index contributed by atoms with van der Waals surface area (Å²) in [6, 6.07) is 1.86. The number of carboxylic acids is 4. The second-order valence-corrected chi connectivity index (χ2v) is 11.2. The Labute approximate surface area is 322 Å². The molecule has 1 heterocycles. The van der Waals surface area contributed by atoms with Gasteiger partial charge in [0.1, 0.15) is 12.1 Å². The van der Waals surface area contributed by atoms with Crippen molar-refractivity contribution in [3.8, 4) is 0 Å². The Morgan fingerprint density at radius 2 is 1.21 bits per heavy atom. The van der Waals surface area contributed by atoms with Crippen LogP contribution < -0.4 is 16.0 Å². The molecule has 1 aromatic rings. The molecule has 0 aliphatic heterocycles. The van der Waals surface area contributed by atoms with Crippen LogP contribution in [0.4, 0.5) is 4.79 Å². The predicted molar refractivity (Wildman–Crippen MR) is 179 cm³/mol. The quantitative estimate of drug-likeness (QED) is 0.0381. The smallest absolute Gasteiger partial charge is 0 e. The van der Waals surface area contributed by atoms with Crippen LogP contribution in [0.15, 0.2) is 24.4 Å². The maximum atomic E-state index is 12.1. The van der Waals surface area contributed by atoms with E-state index in [1.54, 1.807) is 6.20 Å². The molecule has 1 radical (unpaired) electrons. The van der Waals surface area contributed by atoms with Crippen LogP contribution in [0, 0.1) is 20.0 Å². The first kappa shape index (κ1) is 55.4. The van der Waals surface area contributed by atoms with Gasteiger partial charge in [0.25, 0.3) is 0 Å². The van der Waals surface area contributed by atoms with Crippen molar-refractivity contribution in [3.05, 3.63) is 50.0 Å². The molecule has 0 unspecified atom stereocenters.